The van der Waals surface area contributed by atoms with E-state index >= 15 is 0 Å². The fraction of sp³-hybridized carbons (Fsp3) is 0.909. The van der Waals surface area contributed by atoms with Crippen LogP contribution in [0.25, 0.3) is 0 Å². The smallest absolute Gasteiger partial charge is 0.302 e. The van der Waals surface area contributed by atoms with Crippen molar-refractivity contribution in [3.05, 3.63) is 0 Å². The summed E-state index contributed by atoms with van der Waals surface area (Å²) in [7, 11) is 0. The Hall–Kier alpha value is -0.610. The third kappa shape index (κ3) is 2.92. The third-order valence-electron chi connectivity index (χ3n) is 2.89. The standard InChI is InChI=1S/C11H20O4/c1-6(2)11-10(13)7(3)9(5-14-11)15-8(4)12/h6-7,9-11,13H,5H2,1-4H3. The summed E-state index contributed by atoms with van der Waals surface area (Å²) in [6, 6.07) is 0. The van der Waals surface area contributed by atoms with Crippen molar-refractivity contribution in [2.45, 2.75) is 46.0 Å². The van der Waals surface area contributed by atoms with Crippen molar-refractivity contribution in [1.82, 2.24) is 0 Å². The molecule has 0 aliphatic carbocycles. The number of carbonyl (C=O) groups excluding carboxylic acids is 1. The SMILES string of the molecule is CC(=O)OC1COC(C(C)C)C(O)C1C. The maximum absolute atomic E-state index is 10.8. The summed E-state index contributed by atoms with van der Waals surface area (Å²) >= 11 is 0. The largest absolute Gasteiger partial charge is 0.460 e. The van der Waals surface area contributed by atoms with Crippen LogP contribution in [0.3, 0.4) is 0 Å². The predicted molar refractivity (Wildman–Crippen MR) is 55.3 cm³/mol. The maximum atomic E-state index is 10.8. The molecule has 0 amide bonds. The highest BCUT2D eigenvalue weighted by Gasteiger charge is 2.39. The summed E-state index contributed by atoms with van der Waals surface area (Å²) in [6.07, 6.45) is -1.05. The molecule has 0 aromatic rings. The van der Waals surface area contributed by atoms with Gasteiger partial charge in [0, 0.05) is 12.8 Å². The summed E-state index contributed by atoms with van der Waals surface area (Å²) in [5.41, 5.74) is 0. The van der Waals surface area contributed by atoms with Gasteiger partial charge in [0.15, 0.2) is 0 Å². The Morgan fingerprint density at radius 1 is 1.53 bits per heavy atom. The van der Waals surface area contributed by atoms with Gasteiger partial charge < -0.3 is 14.6 Å². The molecule has 1 aliphatic heterocycles. The molecule has 1 N–H and O–H groups in total. The number of ether oxygens (including phenoxy) is 2. The third-order valence-corrected chi connectivity index (χ3v) is 2.89. The zero-order valence-corrected chi connectivity index (χ0v) is 9.77. The van der Waals surface area contributed by atoms with Crippen LogP contribution in [-0.4, -0.2) is 36.0 Å². The normalized spacial score (nSPS) is 36.7. The van der Waals surface area contributed by atoms with Crippen molar-refractivity contribution in [3.8, 4) is 0 Å². The van der Waals surface area contributed by atoms with E-state index in [1.165, 1.54) is 6.92 Å². The van der Waals surface area contributed by atoms with Crippen molar-refractivity contribution in [3.63, 3.8) is 0 Å². The highest BCUT2D eigenvalue weighted by molar-refractivity contribution is 5.66. The Balaban J connectivity index is 2.60. The molecule has 1 heterocycles. The summed E-state index contributed by atoms with van der Waals surface area (Å²) in [5.74, 6) is -0.138. The van der Waals surface area contributed by atoms with Crippen molar-refractivity contribution < 1.29 is 19.4 Å². The second-order valence-electron chi connectivity index (χ2n) is 4.54. The molecular weight excluding hydrogens is 196 g/mol. The van der Waals surface area contributed by atoms with Crippen LogP contribution < -0.4 is 0 Å². The van der Waals surface area contributed by atoms with E-state index in [1.807, 2.05) is 20.8 Å². The molecule has 4 nitrogen and oxygen atoms in total. The molecule has 0 radical (unpaired) electrons. The van der Waals surface area contributed by atoms with Gasteiger partial charge >= 0.3 is 5.97 Å². The number of carbonyl (C=O) groups is 1. The Kier molecular flexibility index (Phi) is 4.11. The Bertz CT molecular complexity index is 227. The van der Waals surface area contributed by atoms with Crippen LogP contribution in [0.15, 0.2) is 0 Å². The van der Waals surface area contributed by atoms with Gasteiger partial charge in [-0.2, -0.15) is 0 Å². The van der Waals surface area contributed by atoms with Crippen LogP contribution in [0.1, 0.15) is 27.7 Å². The van der Waals surface area contributed by atoms with Gasteiger partial charge in [-0.15, -0.1) is 0 Å². The summed E-state index contributed by atoms with van der Waals surface area (Å²) < 4.78 is 10.6. The second kappa shape index (κ2) is 4.94. The molecule has 0 aromatic heterocycles. The second-order valence-corrected chi connectivity index (χ2v) is 4.54. The first kappa shape index (κ1) is 12.5. The minimum Gasteiger partial charge on any atom is -0.460 e. The first-order valence-corrected chi connectivity index (χ1v) is 5.40. The lowest BCUT2D eigenvalue weighted by atomic mass is 9.87. The fourth-order valence-corrected chi connectivity index (χ4v) is 1.92. The minimum atomic E-state index is -0.567. The summed E-state index contributed by atoms with van der Waals surface area (Å²) in [5, 5.41) is 9.97. The fourth-order valence-electron chi connectivity index (χ4n) is 1.92. The quantitative estimate of drug-likeness (QED) is 0.699. The molecule has 15 heavy (non-hydrogen) atoms. The Labute approximate surface area is 90.6 Å². The van der Waals surface area contributed by atoms with Crippen molar-refractivity contribution in [2.75, 3.05) is 6.61 Å². The van der Waals surface area contributed by atoms with Gasteiger partial charge in [0.1, 0.15) is 6.10 Å². The van der Waals surface area contributed by atoms with Crippen molar-refractivity contribution >= 4 is 5.97 Å². The van der Waals surface area contributed by atoms with Gasteiger partial charge in [-0.1, -0.05) is 20.8 Å². The van der Waals surface area contributed by atoms with E-state index in [1.54, 1.807) is 0 Å². The Morgan fingerprint density at radius 3 is 2.60 bits per heavy atom. The number of aliphatic hydroxyl groups is 1. The highest BCUT2D eigenvalue weighted by atomic mass is 16.6. The Morgan fingerprint density at radius 2 is 2.13 bits per heavy atom. The van der Waals surface area contributed by atoms with Gasteiger partial charge in [-0.3, -0.25) is 4.79 Å². The molecule has 0 aromatic carbocycles. The predicted octanol–water partition coefficient (Wildman–Crippen LogP) is 0.970. The number of hydrogen-bond donors (Lipinski definition) is 1. The van der Waals surface area contributed by atoms with Crippen LogP contribution >= 0.6 is 0 Å². The van der Waals surface area contributed by atoms with Crippen LogP contribution in [0.4, 0.5) is 0 Å². The van der Waals surface area contributed by atoms with Gasteiger partial charge in [-0.05, 0) is 5.92 Å². The number of rotatable bonds is 2. The molecule has 1 aliphatic rings. The first-order valence-electron chi connectivity index (χ1n) is 5.40. The van der Waals surface area contributed by atoms with E-state index in [0.29, 0.717) is 6.61 Å². The lowest BCUT2D eigenvalue weighted by Crippen LogP contribution is -2.51. The van der Waals surface area contributed by atoms with Crippen molar-refractivity contribution in [2.24, 2.45) is 11.8 Å². The maximum Gasteiger partial charge on any atom is 0.302 e. The number of esters is 1. The lowest BCUT2D eigenvalue weighted by Gasteiger charge is -2.39. The average molecular weight is 216 g/mol. The molecule has 1 saturated heterocycles. The van der Waals surface area contributed by atoms with Gasteiger partial charge in [0.2, 0.25) is 0 Å². The van der Waals surface area contributed by atoms with Crippen LogP contribution in [0, 0.1) is 11.8 Å². The number of hydrogen-bond acceptors (Lipinski definition) is 4. The topological polar surface area (TPSA) is 55.8 Å². The van der Waals surface area contributed by atoms with Crippen LogP contribution in [-0.2, 0) is 14.3 Å². The molecule has 4 heteroatoms. The lowest BCUT2D eigenvalue weighted by molar-refractivity contribution is -0.190. The molecule has 1 fully saturated rings. The molecule has 0 bridgehead atoms. The van der Waals surface area contributed by atoms with E-state index < -0.39 is 6.10 Å². The zero-order valence-electron chi connectivity index (χ0n) is 9.77. The number of aliphatic hydroxyl groups excluding tert-OH is 1. The molecular formula is C11H20O4. The van der Waals surface area contributed by atoms with Gasteiger partial charge in [-0.25, -0.2) is 0 Å². The zero-order chi connectivity index (χ0) is 11.6. The van der Waals surface area contributed by atoms with Crippen LogP contribution in [0.2, 0.25) is 0 Å². The summed E-state index contributed by atoms with van der Waals surface area (Å²) in [4.78, 5) is 10.8. The van der Waals surface area contributed by atoms with E-state index in [-0.39, 0.29) is 30.0 Å². The van der Waals surface area contributed by atoms with E-state index in [4.69, 9.17) is 9.47 Å². The highest BCUT2D eigenvalue weighted by Crippen LogP contribution is 2.27. The van der Waals surface area contributed by atoms with Gasteiger partial charge in [0.25, 0.3) is 0 Å². The molecule has 0 saturated carbocycles. The average Bonchev–Trinajstić information content (AvgIpc) is 2.12. The molecule has 4 unspecified atom stereocenters. The minimum absolute atomic E-state index is 0.0740. The van der Waals surface area contributed by atoms with Crippen molar-refractivity contribution in [1.29, 1.82) is 0 Å². The van der Waals surface area contributed by atoms with E-state index in [2.05, 4.69) is 0 Å². The van der Waals surface area contributed by atoms with Crippen LogP contribution in [0.5, 0.6) is 0 Å². The van der Waals surface area contributed by atoms with Gasteiger partial charge in [0.05, 0.1) is 18.8 Å². The molecule has 4 atom stereocenters. The van der Waals surface area contributed by atoms with E-state index in [0.717, 1.165) is 0 Å². The monoisotopic (exact) mass is 216 g/mol. The molecule has 0 spiro atoms. The molecule has 88 valence electrons. The molecule has 1 rings (SSSR count). The van der Waals surface area contributed by atoms with E-state index in [9.17, 15) is 9.90 Å². The first-order chi connectivity index (χ1) is 6.93. The summed E-state index contributed by atoms with van der Waals surface area (Å²) in [6.45, 7) is 7.64.